The number of rotatable bonds is 2. The molecule has 6 nitrogen and oxygen atoms in total. The van der Waals surface area contributed by atoms with Gasteiger partial charge in [-0.1, -0.05) is 0 Å². The highest BCUT2D eigenvalue weighted by Gasteiger charge is 2.26. The van der Waals surface area contributed by atoms with Crippen molar-refractivity contribution in [1.29, 1.82) is 0 Å². The average Bonchev–Trinajstić information content (AvgIpc) is 2.88. The minimum absolute atomic E-state index is 0.0692. The molecule has 76 valence electrons. The molecule has 0 radical (unpaired) electrons. The van der Waals surface area contributed by atoms with Gasteiger partial charge in [-0.2, -0.15) is 5.10 Å². The first kappa shape index (κ1) is 9.14. The Balaban J connectivity index is 2.00. The molecule has 1 aromatic rings. The number of likely N-dealkylation sites (tertiary alicyclic amines) is 1. The summed E-state index contributed by atoms with van der Waals surface area (Å²) in [4.78, 5) is 17.3. The lowest BCUT2D eigenvalue weighted by Crippen LogP contribution is -2.33. The van der Waals surface area contributed by atoms with E-state index in [1.807, 2.05) is 7.05 Å². The molecule has 6 heteroatoms. The lowest BCUT2D eigenvalue weighted by molar-refractivity contribution is 0.0778. The predicted molar refractivity (Wildman–Crippen MR) is 49.8 cm³/mol. The standard InChI is InChI=1S/C8H13N5O/c1-9-6-2-3-13(4-6)8(14)7-10-5-11-12-7/h5-6,9H,2-4H2,1H3,(H,10,11,12). The van der Waals surface area contributed by atoms with Crippen LogP contribution in [-0.2, 0) is 0 Å². The Morgan fingerprint density at radius 1 is 1.79 bits per heavy atom. The van der Waals surface area contributed by atoms with E-state index in [-0.39, 0.29) is 5.91 Å². The van der Waals surface area contributed by atoms with E-state index in [4.69, 9.17) is 0 Å². The molecule has 0 saturated carbocycles. The molecule has 1 amide bonds. The van der Waals surface area contributed by atoms with Gasteiger partial charge < -0.3 is 10.2 Å². The van der Waals surface area contributed by atoms with Crippen LogP contribution < -0.4 is 5.32 Å². The Labute approximate surface area is 81.7 Å². The first-order valence-electron chi connectivity index (χ1n) is 4.63. The van der Waals surface area contributed by atoms with E-state index in [0.717, 1.165) is 19.5 Å². The molecular formula is C8H13N5O. The van der Waals surface area contributed by atoms with E-state index in [2.05, 4.69) is 20.5 Å². The maximum absolute atomic E-state index is 11.7. The van der Waals surface area contributed by atoms with Crippen LogP contribution in [0.4, 0.5) is 0 Å². The van der Waals surface area contributed by atoms with Gasteiger partial charge in [-0.15, -0.1) is 0 Å². The van der Waals surface area contributed by atoms with Gasteiger partial charge in [-0.05, 0) is 13.5 Å². The third-order valence-corrected chi connectivity index (χ3v) is 2.50. The van der Waals surface area contributed by atoms with E-state index in [9.17, 15) is 4.79 Å². The van der Waals surface area contributed by atoms with Gasteiger partial charge in [-0.3, -0.25) is 9.89 Å². The molecule has 0 aromatic carbocycles. The lowest BCUT2D eigenvalue weighted by atomic mass is 10.3. The fourth-order valence-electron chi connectivity index (χ4n) is 1.64. The van der Waals surface area contributed by atoms with Crippen LogP contribution in [0.25, 0.3) is 0 Å². The second-order valence-electron chi connectivity index (χ2n) is 3.36. The van der Waals surface area contributed by atoms with E-state index >= 15 is 0 Å². The summed E-state index contributed by atoms with van der Waals surface area (Å²) in [5.41, 5.74) is 0. The summed E-state index contributed by atoms with van der Waals surface area (Å²) < 4.78 is 0. The van der Waals surface area contributed by atoms with Crippen LogP contribution >= 0.6 is 0 Å². The molecule has 1 aliphatic rings. The number of H-pyrrole nitrogens is 1. The van der Waals surface area contributed by atoms with Gasteiger partial charge in [-0.25, -0.2) is 4.98 Å². The molecule has 2 heterocycles. The van der Waals surface area contributed by atoms with E-state index < -0.39 is 0 Å². The average molecular weight is 195 g/mol. The molecule has 1 saturated heterocycles. The number of nitrogens with one attached hydrogen (secondary N) is 2. The summed E-state index contributed by atoms with van der Waals surface area (Å²) in [6, 6.07) is 0.405. The topological polar surface area (TPSA) is 73.9 Å². The van der Waals surface area contributed by atoms with E-state index in [1.165, 1.54) is 6.33 Å². The summed E-state index contributed by atoms with van der Waals surface area (Å²) in [6.07, 6.45) is 2.34. The number of aromatic amines is 1. The Hall–Kier alpha value is -1.43. The first-order valence-corrected chi connectivity index (χ1v) is 4.63. The fourth-order valence-corrected chi connectivity index (χ4v) is 1.64. The van der Waals surface area contributed by atoms with Crippen LogP contribution in [-0.4, -0.2) is 52.2 Å². The molecule has 2 N–H and O–H groups in total. The highest BCUT2D eigenvalue weighted by molar-refractivity contribution is 5.90. The van der Waals surface area contributed by atoms with Gasteiger partial charge in [0.05, 0.1) is 0 Å². The largest absolute Gasteiger partial charge is 0.334 e. The van der Waals surface area contributed by atoms with Gasteiger partial charge >= 0.3 is 0 Å². The van der Waals surface area contributed by atoms with Gasteiger partial charge in [0.2, 0.25) is 5.82 Å². The van der Waals surface area contributed by atoms with Crippen LogP contribution in [0, 0.1) is 0 Å². The second-order valence-corrected chi connectivity index (χ2v) is 3.36. The number of likely N-dealkylation sites (N-methyl/N-ethyl adjacent to an activating group) is 1. The van der Waals surface area contributed by atoms with Crippen molar-refractivity contribution >= 4 is 5.91 Å². The molecule has 1 aliphatic heterocycles. The third kappa shape index (κ3) is 1.60. The minimum atomic E-state index is -0.0692. The van der Waals surface area contributed by atoms with Crippen molar-refractivity contribution in [3.05, 3.63) is 12.2 Å². The van der Waals surface area contributed by atoms with Crippen LogP contribution in [0.3, 0.4) is 0 Å². The van der Waals surface area contributed by atoms with Crippen LogP contribution in [0.2, 0.25) is 0 Å². The summed E-state index contributed by atoms with van der Waals surface area (Å²) in [7, 11) is 1.91. The molecule has 1 fully saturated rings. The number of aromatic nitrogens is 3. The van der Waals surface area contributed by atoms with Gasteiger partial charge in [0.1, 0.15) is 6.33 Å². The zero-order chi connectivity index (χ0) is 9.97. The van der Waals surface area contributed by atoms with Crippen molar-refractivity contribution in [2.75, 3.05) is 20.1 Å². The SMILES string of the molecule is CNC1CCN(C(=O)c2ncn[nH]2)C1. The third-order valence-electron chi connectivity index (χ3n) is 2.50. The number of hydrogen-bond acceptors (Lipinski definition) is 4. The molecule has 14 heavy (non-hydrogen) atoms. The van der Waals surface area contributed by atoms with Crippen LogP contribution in [0.1, 0.15) is 17.0 Å². The number of carbonyl (C=O) groups excluding carboxylic acids is 1. The molecule has 0 aliphatic carbocycles. The Morgan fingerprint density at radius 2 is 2.64 bits per heavy atom. The summed E-state index contributed by atoms with van der Waals surface area (Å²) in [6.45, 7) is 1.53. The van der Waals surface area contributed by atoms with Crippen molar-refractivity contribution < 1.29 is 4.79 Å². The van der Waals surface area contributed by atoms with Gasteiger partial charge in [0.15, 0.2) is 0 Å². The molecule has 1 unspecified atom stereocenters. The summed E-state index contributed by atoms with van der Waals surface area (Å²) >= 11 is 0. The fraction of sp³-hybridized carbons (Fsp3) is 0.625. The number of nitrogens with zero attached hydrogens (tertiary/aromatic N) is 3. The molecule has 1 atom stereocenters. The lowest BCUT2D eigenvalue weighted by Gasteiger charge is -2.14. The maximum Gasteiger partial charge on any atom is 0.291 e. The monoisotopic (exact) mass is 195 g/mol. The first-order chi connectivity index (χ1) is 6.81. The molecular weight excluding hydrogens is 182 g/mol. The zero-order valence-electron chi connectivity index (χ0n) is 8.03. The van der Waals surface area contributed by atoms with Gasteiger partial charge in [0, 0.05) is 19.1 Å². The van der Waals surface area contributed by atoms with Crippen molar-refractivity contribution in [1.82, 2.24) is 25.4 Å². The second kappa shape index (κ2) is 3.75. The summed E-state index contributed by atoms with van der Waals surface area (Å²) in [5.74, 6) is 0.252. The Bertz CT molecular complexity index is 310. The van der Waals surface area contributed by atoms with Crippen LogP contribution in [0.5, 0.6) is 0 Å². The molecule has 2 rings (SSSR count). The van der Waals surface area contributed by atoms with Crippen molar-refractivity contribution in [2.24, 2.45) is 0 Å². The van der Waals surface area contributed by atoms with Crippen molar-refractivity contribution in [3.63, 3.8) is 0 Å². The Morgan fingerprint density at radius 3 is 3.21 bits per heavy atom. The highest BCUT2D eigenvalue weighted by Crippen LogP contribution is 2.10. The number of carbonyl (C=O) groups is 1. The molecule has 1 aromatic heterocycles. The molecule has 0 bridgehead atoms. The number of hydrogen-bond donors (Lipinski definition) is 2. The normalized spacial score (nSPS) is 21.5. The minimum Gasteiger partial charge on any atom is -0.334 e. The smallest absolute Gasteiger partial charge is 0.291 e. The quantitative estimate of drug-likeness (QED) is 0.650. The zero-order valence-corrected chi connectivity index (χ0v) is 8.03. The summed E-state index contributed by atoms with van der Waals surface area (Å²) in [5, 5.41) is 9.38. The highest BCUT2D eigenvalue weighted by atomic mass is 16.2. The van der Waals surface area contributed by atoms with E-state index in [1.54, 1.807) is 4.90 Å². The predicted octanol–water partition coefficient (Wildman–Crippen LogP) is -0.761. The molecule has 0 spiro atoms. The van der Waals surface area contributed by atoms with Crippen molar-refractivity contribution in [3.8, 4) is 0 Å². The van der Waals surface area contributed by atoms with Gasteiger partial charge in [0.25, 0.3) is 5.91 Å². The maximum atomic E-state index is 11.7. The Kier molecular flexibility index (Phi) is 2.45. The van der Waals surface area contributed by atoms with Crippen molar-refractivity contribution in [2.45, 2.75) is 12.5 Å². The number of amides is 1. The van der Waals surface area contributed by atoms with Crippen LogP contribution in [0.15, 0.2) is 6.33 Å². The van der Waals surface area contributed by atoms with E-state index in [0.29, 0.717) is 11.9 Å².